The van der Waals surface area contributed by atoms with E-state index in [0.717, 1.165) is 42.3 Å². The predicted molar refractivity (Wildman–Crippen MR) is 72.6 cm³/mol. The molecule has 0 radical (unpaired) electrons. The van der Waals surface area contributed by atoms with Crippen LogP contribution in [0.5, 0.6) is 5.75 Å². The van der Waals surface area contributed by atoms with Crippen molar-refractivity contribution < 1.29 is 4.74 Å². The Labute approximate surface area is 107 Å². The Kier molecular flexibility index (Phi) is 3.15. The van der Waals surface area contributed by atoms with Gasteiger partial charge in [-0.15, -0.1) is 0 Å². The first-order chi connectivity index (χ1) is 8.83. The number of para-hydroxylation sites is 1. The average molecular weight is 242 g/mol. The minimum atomic E-state index is 0.289. The van der Waals surface area contributed by atoms with E-state index in [-0.39, 0.29) is 6.10 Å². The van der Waals surface area contributed by atoms with E-state index >= 15 is 0 Å². The Morgan fingerprint density at radius 1 is 1.06 bits per heavy atom. The molecule has 1 saturated carbocycles. The molecule has 1 aromatic carbocycles. The zero-order chi connectivity index (χ0) is 12.4. The van der Waals surface area contributed by atoms with Crippen molar-refractivity contribution in [3.63, 3.8) is 0 Å². The molecule has 0 spiro atoms. The summed E-state index contributed by atoms with van der Waals surface area (Å²) in [6, 6.07) is 10.5. The van der Waals surface area contributed by atoms with Gasteiger partial charge < -0.3 is 10.5 Å². The molecule has 1 fully saturated rings. The van der Waals surface area contributed by atoms with E-state index in [1.807, 2.05) is 24.4 Å². The lowest BCUT2D eigenvalue weighted by Crippen LogP contribution is -2.31. The highest BCUT2D eigenvalue weighted by atomic mass is 16.5. The van der Waals surface area contributed by atoms with Crippen LogP contribution in [0.15, 0.2) is 36.5 Å². The molecule has 1 aliphatic rings. The monoisotopic (exact) mass is 242 g/mol. The number of aromatic nitrogens is 1. The van der Waals surface area contributed by atoms with Crippen LogP contribution >= 0.6 is 0 Å². The molecule has 3 nitrogen and oxygen atoms in total. The Balaban J connectivity index is 1.82. The fourth-order valence-electron chi connectivity index (χ4n) is 2.56. The fourth-order valence-corrected chi connectivity index (χ4v) is 2.56. The minimum absolute atomic E-state index is 0.289. The number of nitrogens with zero attached hydrogens (tertiary/aromatic N) is 1. The second-order valence-electron chi connectivity index (χ2n) is 4.99. The van der Waals surface area contributed by atoms with E-state index in [4.69, 9.17) is 10.5 Å². The summed E-state index contributed by atoms with van der Waals surface area (Å²) in [5, 5.41) is 1.13. The predicted octanol–water partition coefficient (Wildman–Crippen LogP) is 2.88. The normalized spacial score (nSPS) is 24.1. The molecule has 0 bridgehead atoms. The summed E-state index contributed by atoms with van der Waals surface area (Å²) in [7, 11) is 0. The van der Waals surface area contributed by atoms with Gasteiger partial charge in [0.15, 0.2) is 0 Å². The van der Waals surface area contributed by atoms with Crippen molar-refractivity contribution in [2.75, 3.05) is 0 Å². The zero-order valence-corrected chi connectivity index (χ0v) is 10.4. The summed E-state index contributed by atoms with van der Waals surface area (Å²) in [6.07, 6.45) is 6.31. The molecular weight excluding hydrogens is 224 g/mol. The number of pyridine rings is 1. The van der Waals surface area contributed by atoms with Crippen LogP contribution in [0, 0.1) is 0 Å². The number of hydrogen-bond donors (Lipinski definition) is 1. The van der Waals surface area contributed by atoms with Gasteiger partial charge in [0.2, 0.25) is 0 Å². The van der Waals surface area contributed by atoms with Gasteiger partial charge in [-0.05, 0) is 37.8 Å². The van der Waals surface area contributed by atoms with Crippen molar-refractivity contribution >= 4 is 10.9 Å². The molecule has 2 aromatic rings. The van der Waals surface area contributed by atoms with Gasteiger partial charge in [-0.1, -0.05) is 18.2 Å². The summed E-state index contributed by atoms with van der Waals surface area (Å²) in [5.74, 6) is 0.897. The lowest BCUT2D eigenvalue weighted by atomic mass is 9.94. The minimum Gasteiger partial charge on any atom is -0.488 e. The molecule has 0 unspecified atom stereocenters. The van der Waals surface area contributed by atoms with Crippen molar-refractivity contribution in [2.45, 2.75) is 37.8 Å². The van der Waals surface area contributed by atoms with Crippen molar-refractivity contribution in [2.24, 2.45) is 5.73 Å². The molecule has 94 valence electrons. The lowest BCUT2D eigenvalue weighted by molar-refractivity contribution is 0.149. The van der Waals surface area contributed by atoms with E-state index in [1.165, 1.54) is 0 Å². The van der Waals surface area contributed by atoms with E-state index < -0.39 is 0 Å². The van der Waals surface area contributed by atoms with Gasteiger partial charge in [0.25, 0.3) is 0 Å². The van der Waals surface area contributed by atoms with Crippen LogP contribution in [-0.2, 0) is 0 Å². The van der Waals surface area contributed by atoms with Gasteiger partial charge >= 0.3 is 0 Å². The summed E-state index contributed by atoms with van der Waals surface area (Å²) >= 11 is 0. The van der Waals surface area contributed by atoms with Gasteiger partial charge in [-0.3, -0.25) is 4.98 Å². The van der Waals surface area contributed by atoms with Crippen LogP contribution in [-0.4, -0.2) is 17.1 Å². The third kappa shape index (κ3) is 2.31. The SMILES string of the molecule is N[C@H]1CC[C@H](Oc2cccc3cccnc23)CC1. The zero-order valence-electron chi connectivity index (χ0n) is 10.4. The van der Waals surface area contributed by atoms with E-state index in [9.17, 15) is 0 Å². The first kappa shape index (κ1) is 11.5. The van der Waals surface area contributed by atoms with Crippen LogP contribution in [0.2, 0.25) is 0 Å². The van der Waals surface area contributed by atoms with Crippen LogP contribution in [0.25, 0.3) is 10.9 Å². The van der Waals surface area contributed by atoms with Gasteiger partial charge in [-0.2, -0.15) is 0 Å². The largest absolute Gasteiger partial charge is 0.488 e. The molecule has 3 heteroatoms. The first-order valence-corrected chi connectivity index (χ1v) is 6.59. The van der Waals surface area contributed by atoms with Crippen molar-refractivity contribution in [1.82, 2.24) is 4.98 Å². The maximum absolute atomic E-state index is 6.10. The van der Waals surface area contributed by atoms with Gasteiger partial charge in [-0.25, -0.2) is 0 Å². The molecule has 0 aliphatic heterocycles. The Morgan fingerprint density at radius 3 is 2.67 bits per heavy atom. The molecule has 1 aromatic heterocycles. The Bertz CT molecular complexity index is 528. The third-order valence-electron chi connectivity index (χ3n) is 3.61. The Morgan fingerprint density at radius 2 is 1.83 bits per heavy atom. The molecule has 1 aliphatic carbocycles. The highest BCUT2D eigenvalue weighted by Crippen LogP contribution is 2.27. The van der Waals surface area contributed by atoms with E-state index in [2.05, 4.69) is 17.1 Å². The smallest absolute Gasteiger partial charge is 0.145 e. The summed E-state index contributed by atoms with van der Waals surface area (Å²) < 4.78 is 6.10. The molecule has 18 heavy (non-hydrogen) atoms. The van der Waals surface area contributed by atoms with Crippen LogP contribution < -0.4 is 10.5 Å². The van der Waals surface area contributed by atoms with Crippen molar-refractivity contribution in [1.29, 1.82) is 0 Å². The number of fused-ring (bicyclic) bond motifs is 1. The molecule has 2 N–H and O–H groups in total. The third-order valence-corrected chi connectivity index (χ3v) is 3.61. The quantitative estimate of drug-likeness (QED) is 0.880. The molecular formula is C15H18N2O. The van der Waals surface area contributed by atoms with Gasteiger partial charge in [0, 0.05) is 17.6 Å². The van der Waals surface area contributed by atoms with Crippen LogP contribution in [0.1, 0.15) is 25.7 Å². The van der Waals surface area contributed by atoms with E-state index in [0.29, 0.717) is 6.04 Å². The second kappa shape index (κ2) is 4.94. The second-order valence-corrected chi connectivity index (χ2v) is 4.99. The summed E-state index contributed by atoms with van der Waals surface area (Å²) in [4.78, 5) is 4.41. The lowest BCUT2D eigenvalue weighted by Gasteiger charge is -2.27. The Hall–Kier alpha value is -1.61. The highest BCUT2D eigenvalue weighted by Gasteiger charge is 2.20. The van der Waals surface area contributed by atoms with Crippen molar-refractivity contribution in [3.8, 4) is 5.75 Å². The molecule has 0 atom stereocenters. The fraction of sp³-hybridized carbons (Fsp3) is 0.400. The summed E-state index contributed by atoms with van der Waals surface area (Å²) in [5.41, 5.74) is 6.87. The first-order valence-electron chi connectivity index (χ1n) is 6.59. The van der Waals surface area contributed by atoms with E-state index in [1.54, 1.807) is 0 Å². The molecule has 0 amide bonds. The number of nitrogens with two attached hydrogens (primary N) is 1. The van der Waals surface area contributed by atoms with Gasteiger partial charge in [0.1, 0.15) is 11.3 Å². The topological polar surface area (TPSA) is 48.1 Å². The van der Waals surface area contributed by atoms with Gasteiger partial charge in [0.05, 0.1) is 6.10 Å². The summed E-state index contributed by atoms with van der Waals surface area (Å²) in [6.45, 7) is 0. The van der Waals surface area contributed by atoms with Crippen LogP contribution in [0.3, 0.4) is 0 Å². The van der Waals surface area contributed by atoms with Crippen LogP contribution in [0.4, 0.5) is 0 Å². The molecule has 1 heterocycles. The average Bonchev–Trinajstić information content (AvgIpc) is 2.42. The number of hydrogen-bond acceptors (Lipinski definition) is 3. The highest BCUT2D eigenvalue weighted by molar-refractivity contribution is 5.84. The maximum atomic E-state index is 6.10. The number of ether oxygens (including phenoxy) is 1. The maximum Gasteiger partial charge on any atom is 0.145 e. The molecule has 0 saturated heterocycles. The molecule has 3 rings (SSSR count). The van der Waals surface area contributed by atoms with Crippen molar-refractivity contribution in [3.05, 3.63) is 36.5 Å². The number of benzene rings is 1. The standard InChI is InChI=1S/C15H18N2O/c16-12-6-8-13(9-7-12)18-14-5-1-3-11-4-2-10-17-15(11)14/h1-5,10,12-13H,6-9,16H2/t12-,13-. The number of rotatable bonds is 2.